The zero-order chi connectivity index (χ0) is 21.9. The molecule has 1 fully saturated rings. The number of amides is 1. The number of nitrogens with one attached hydrogen (secondary N) is 1. The number of nitrogens with zero attached hydrogens (tertiary/aromatic N) is 4. The summed E-state index contributed by atoms with van der Waals surface area (Å²) >= 11 is 0. The van der Waals surface area contributed by atoms with E-state index in [0.717, 1.165) is 18.7 Å². The van der Waals surface area contributed by atoms with Gasteiger partial charge >= 0.3 is 0 Å². The first-order valence-corrected chi connectivity index (χ1v) is 10.8. The molecule has 7 nitrogen and oxygen atoms in total. The summed E-state index contributed by atoms with van der Waals surface area (Å²) in [6.07, 6.45) is 0. The highest BCUT2D eigenvalue weighted by molar-refractivity contribution is 14.0. The smallest absolute Gasteiger partial charge is 0.242 e. The van der Waals surface area contributed by atoms with Crippen LogP contribution in [0, 0.1) is 5.82 Å². The van der Waals surface area contributed by atoms with Crippen molar-refractivity contribution in [1.82, 2.24) is 20.0 Å². The minimum atomic E-state index is -0.244. The molecule has 1 saturated heterocycles. The third-order valence-corrected chi connectivity index (χ3v) is 5.34. The van der Waals surface area contributed by atoms with Gasteiger partial charge in [-0.05, 0) is 38.5 Å². The third-order valence-electron chi connectivity index (χ3n) is 5.34. The normalized spacial score (nSPS) is 15.7. The molecular formula is C22H37FIN5O2. The fourth-order valence-electron chi connectivity index (χ4n) is 3.60. The van der Waals surface area contributed by atoms with Crippen LogP contribution >= 0.6 is 24.0 Å². The minimum absolute atomic E-state index is 0. The van der Waals surface area contributed by atoms with Crippen molar-refractivity contribution in [1.29, 1.82) is 0 Å². The first kappa shape index (κ1) is 27.6. The van der Waals surface area contributed by atoms with Crippen LogP contribution in [0.1, 0.15) is 32.4 Å². The molecule has 2 rings (SSSR count). The standard InChI is InChI=1S/C22H36FN5O2.HI/c1-5-24-22(26(4)17-21(29)27(6-2)7-3)25-16-20(28-12-14-30-15-13-28)18-8-10-19(23)11-9-18;/h8-11,20H,5-7,12-17H2,1-4H3,(H,24,25);1H. The number of likely N-dealkylation sites (N-methyl/N-ethyl adjacent to an activating group) is 2. The molecule has 0 radical (unpaired) electrons. The summed E-state index contributed by atoms with van der Waals surface area (Å²) in [7, 11) is 1.88. The van der Waals surface area contributed by atoms with Gasteiger partial charge in [0, 0.05) is 39.8 Å². The van der Waals surface area contributed by atoms with Crippen LogP contribution in [-0.2, 0) is 9.53 Å². The summed E-state index contributed by atoms with van der Waals surface area (Å²) in [5.41, 5.74) is 1.03. The molecule has 1 atom stereocenters. The highest BCUT2D eigenvalue weighted by Crippen LogP contribution is 2.23. The summed E-state index contributed by atoms with van der Waals surface area (Å²) in [6, 6.07) is 6.66. The maximum atomic E-state index is 13.4. The molecule has 1 aliphatic rings. The Kier molecular flexibility index (Phi) is 13.0. The Morgan fingerprint density at radius 3 is 2.35 bits per heavy atom. The van der Waals surface area contributed by atoms with Crippen molar-refractivity contribution in [3.8, 4) is 0 Å². The minimum Gasteiger partial charge on any atom is -0.379 e. The summed E-state index contributed by atoms with van der Waals surface area (Å²) < 4.78 is 18.9. The molecule has 0 saturated carbocycles. The van der Waals surface area contributed by atoms with E-state index < -0.39 is 0 Å². The molecule has 31 heavy (non-hydrogen) atoms. The van der Waals surface area contributed by atoms with E-state index in [9.17, 15) is 9.18 Å². The topological polar surface area (TPSA) is 60.4 Å². The van der Waals surface area contributed by atoms with Crippen molar-refractivity contribution in [2.45, 2.75) is 26.8 Å². The molecule has 1 aliphatic heterocycles. The van der Waals surface area contributed by atoms with E-state index in [-0.39, 0.29) is 48.3 Å². The van der Waals surface area contributed by atoms with Gasteiger partial charge in [0.2, 0.25) is 5.91 Å². The predicted molar refractivity (Wildman–Crippen MR) is 133 cm³/mol. The van der Waals surface area contributed by atoms with E-state index >= 15 is 0 Å². The van der Waals surface area contributed by atoms with E-state index in [1.807, 2.05) is 49.8 Å². The maximum Gasteiger partial charge on any atom is 0.242 e. The SMILES string of the molecule is CCNC(=NCC(c1ccc(F)cc1)N1CCOCC1)N(C)CC(=O)N(CC)CC.I. The van der Waals surface area contributed by atoms with Gasteiger partial charge in [-0.1, -0.05) is 12.1 Å². The highest BCUT2D eigenvalue weighted by Gasteiger charge is 2.23. The molecule has 9 heteroatoms. The fraction of sp³-hybridized carbons (Fsp3) is 0.636. The molecule has 1 unspecified atom stereocenters. The molecular weight excluding hydrogens is 512 g/mol. The third kappa shape index (κ3) is 8.53. The fourth-order valence-corrected chi connectivity index (χ4v) is 3.60. The number of aliphatic imine (C=N–C) groups is 1. The first-order chi connectivity index (χ1) is 14.5. The van der Waals surface area contributed by atoms with Crippen molar-refractivity contribution in [3.63, 3.8) is 0 Å². The van der Waals surface area contributed by atoms with E-state index in [4.69, 9.17) is 9.73 Å². The monoisotopic (exact) mass is 549 g/mol. The second kappa shape index (κ2) is 14.6. The number of morpholine rings is 1. The quantitative estimate of drug-likeness (QED) is 0.292. The number of guanidine groups is 1. The molecule has 1 heterocycles. The number of hydrogen-bond donors (Lipinski definition) is 1. The summed E-state index contributed by atoms with van der Waals surface area (Å²) in [4.78, 5) is 23.3. The second-order valence-corrected chi connectivity index (χ2v) is 7.33. The average Bonchev–Trinajstić information content (AvgIpc) is 2.75. The summed E-state index contributed by atoms with van der Waals surface area (Å²) in [6.45, 7) is 11.8. The molecule has 1 aromatic carbocycles. The zero-order valence-corrected chi connectivity index (χ0v) is 21.5. The van der Waals surface area contributed by atoms with Gasteiger partial charge in [0.1, 0.15) is 5.82 Å². The van der Waals surface area contributed by atoms with Crippen LogP contribution in [0.2, 0.25) is 0 Å². The largest absolute Gasteiger partial charge is 0.379 e. The molecule has 0 spiro atoms. The number of carbonyl (C=O) groups is 1. The Morgan fingerprint density at radius 2 is 1.81 bits per heavy atom. The Balaban J connectivity index is 0.00000480. The van der Waals surface area contributed by atoms with E-state index in [2.05, 4.69) is 10.2 Å². The average molecular weight is 549 g/mol. The number of carbonyl (C=O) groups excluding carboxylic acids is 1. The Morgan fingerprint density at radius 1 is 1.19 bits per heavy atom. The van der Waals surface area contributed by atoms with Crippen LogP contribution in [0.15, 0.2) is 29.3 Å². The van der Waals surface area contributed by atoms with Crippen molar-refractivity contribution in [2.24, 2.45) is 4.99 Å². The van der Waals surface area contributed by atoms with Crippen molar-refractivity contribution in [3.05, 3.63) is 35.6 Å². The van der Waals surface area contributed by atoms with Crippen molar-refractivity contribution < 1.29 is 13.9 Å². The van der Waals surface area contributed by atoms with Crippen LogP contribution in [-0.4, -0.2) is 92.6 Å². The predicted octanol–water partition coefficient (Wildman–Crippen LogP) is 2.58. The van der Waals surface area contributed by atoms with E-state index in [0.29, 0.717) is 45.4 Å². The number of halogens is 2. The van der Waals surface area contributed by atoms with Gasteiger partial charge in [-0.2, -0.15) is 0 Å². The van der Waals surface area contributed by atoms with Gasteiger partial charge in [-0.25, -0.2) is 4.39 Å². The van der Waals surface area contributed by atoms with Crippen molar-refractivity contribution >= 4 is 35.8 Å². The molecule has 1 amide bonds. The maximum absolute atomic E-state index is 13.4. The van der Waals surface area contributed by atoms with Gasteiger partial charge in [-0.3, -0.25) is 14.7 Å². The van der Waals surface area contributed by atoms with Gasteiger partial charge in [0.15, 0.2) is 5.96 Å². The molecule has 0 aliphatic carbocycles. The molecule has 1 N–H and O–H groups in total. The van der Waals surface area contributed by atoms with Crippen LogP contribution in [0.4, 0.5) is 4.39 Å². The first-order valence-electron chi connectivity index (χ1n) is 10.8. The second-order valence-electron chi connectivity index (χ2n) is 7.33. The Labute approximate surface area is 203 Å². The van der Waals surface area contributed by atoms with Crippen molar-refractivity contribution in [2.75, 3.05) is 66.1 Å². The molecule has 1 aromatic rings. The zero-order valence-electron chi connectivity index (χ0n) is 19.1. The Hall–Kier alpha value is -1.46. The highest BCUT2D eigenvalue weighted by atomic mass is 127. The van der Waals surface area contributed by atoms with Gasteiger partial charge in [0.25, 0.3) is 0 Å². The number of benzene rings is 1. The van der Waals surface area contributed by atoms with Gasteiger partial charge in [0.05, 0.1) is 32.3 Å². The number of hydrogen-bond acceptors (Lipinski definition) is 4. The van der Waals surface area contributed by atoms with Crippen LogP contribution in [0.5, 0.6) is 0 Å². The molecule has 0 aromatic heterocycles. The summed E-state index contributed by atoms with van der Waals surface area (Å²) in [5.74, 6) is 0.528. The van der Waals surface area contributed by atoms with Gasteiger partial charge in [-0.15, -0.1) is 24.0 Å². The number of rotatable bonds is 9. The lowest BCUT2D eigenvalue weighted by Crippen LogP contribution is -2.46. The lowest BCUT2D eigenvalue weighted by atomic mass is 10.0. The Bertz CT molecular complexity index is 679. The van der Waals surface area contributed by atoms with Crippen LogP contribution in [0.25, 0.3) is 0 Å². The van der Waals surface area contributed by atoms with Crippen LogP contribution < -0.4 is 5.32 Å². The summed E-state index contributed by atoms with van der Waals surface area (Å²) in [5, 5.41) is 3.28. The lowest BCUT2D eigenvalue weighted by molar-refractivity contribution is -0.131. The van der Waals surface area contributed by atoms with E-state index in [1.165, 1.54) is 12.1 Å². The molecule has 176 valence electrons. The van der Waals surface area contributed by atoms with Crippen LogP contribution in [0.3, 0.4) is 0 Å². The number of ether oxygens (including phenoxy) is 1. The van der Waals surface area contributed by atoms with E-state index in [1.54, 1.807) is 0 Å². The lowest BCUT2D eigenvalue weighted by Gasteiger charge is -2.34. The van der Waals surface area contributed by atoms with Gasteiger partial charge < -0.3 is 19.9 Å². The molecule has 0 bridgehead atoms.